The number of nitrogens with zero attached hydrogens (tertiary/aromatic N) is 3. The number of thioether (sulfide) groups is 1. The molecule has 8 heteroatoms. The number of aromatic nitrogens is 2. The molecule has 0 amide bonds. The fourth-order valence-corrected chi connectivity index (χ4v) is 2.60. The summed E-state index contributed by atoms with van der Waals surface area (Å²) in [6.07, 6.45) is -3.64. The van der Waals surface area contributed by atoms with Crippen molar-refractivity contribution in [1.29, 1.82) is 0 Å². The summed E-state index contributed by atoms with van der Waals surface area (Å²) >= 11 is 1.79. The van der Waals surface area contributed by atoms with E-state index in [-0.39, 0.29) is 11.6 Å². The van der Waals surface area contributed by atoms with Crippen molar-refractivity contribution in [2.45, 2.75) is 12.6 Å². The summed E-state index contributed by atoms with van der Waals surface area (Å²) in [6.45, 7) is 1.37. The summed E-state index contributed by atoms with van der Waals surface area (Å²) < 4.78 is 37.8. The van der Waals surface area contributed by atoms with Crippen LogP contribution in [0.15, 0.2) is 6.07 Å². The molecule has 0 aromatic carbocycles. The lowest BCUT2D eigenvalue weighted by Crippen LogP contribution is -2.28. The molecule has 4 nitrogen and oxygen atoms in total. The van der Waals surface area contributed by atoms with Crippen molar-refractivity contribution in [2.75, 3.05) is 35.2 Å². The van der Waals surface area contributed by atoms with Gasteiger partial charge in [0.2, 0.25) is 5.82 Å². The van der Waals surface area contributed by atoms with E-state index in [0.717, 1.165) is 17.9 Å². The molecule has 1 aromatic heterocycles. The van der Waals surface area contributed by atoms with Crippen molar-refractivity contribution >= 4 is 23.4 Å². The molecule has 2 N–H and O–H groups in total. The topological polar surface area (TPSA) is 55.0 Å². The zero-order valence-corrected chi connectivity index (χ0v) is 10.4. The molecule has 18 heavy (non-hydrogen) atoms. The molecule has 0 atom stereocenters. The Kier molecular flexibility index (Phi) is 3.84. The monoisotopic (exact) mass is 278 g/mol. The van der Waals surface area contributed by atoms with Crippen LogP contribution in [0.4, 0.5) is 24.8 Å². The van der Waals surface area contributed by atoms with E-state index in [1.807, 2.05) is 4.90 Å². The van der Waals surface area contributed by atoms with Crippen LogP contribution in [0.25, 0.3) is 0 Å². The van der Waals surface area contributed by atoms with E-state index < -0.39 is 12.0 Å². The van der Waals surface area contributed by atoms with Crippen molar-refractivity contribution in [3.63, 3.8) is 0 Å². The van der Waals surface area contributed by atoms with Crippen molar-refractivity contribution in [3.05, 3.63) is 11.9 Å². The van der Waals surface area contributed by atoms with Gasteiger partial charge in [-0.1, -0.05) is 0 Å². The van der Waals surface area contributed by atoms with E-state index in [1.165, 1.54) is 6.07 Å². The number of hydrogen-bond acceptors (Lipinski definition) is 5. The molecule has 0 spiro atoms. The van der Waals surface area contributed by atoms with E-state index in [1.54, 1.807) is 11.8 Å². The number of nitrogens with two attached hydrogens (primary N) is 1. The van der Waals surface area contributed by atoms with Gasteiger partial charge in [0.25, 0.3) is 0 Å². The Morgan fingerprint density at radius 3 is 2.72 bits per heavy atom. The maximum atomic E-state index is 12.6. The molecule has 0 saturated carbocycles. The van der Waals surface area contributed by atoms with E-state index in [2.05, 4.69) is 9.97 Å². The smallest absolute Gasteiger partial charge is 0.384 e. The Hall–Kier alpha value is -1.18. The molecular formula is C10H13F3N4S. The highest BCUT2D eigenvalue weighted by Crippen LogP contribution is 2.29. The van der Waals surface area contributed by atoms with Crippen molar-refractivity contribution in [1.82, 2.24) is 9.97 Å². The van der Waals surface area contributed by atoms with Gasteiger partial charge in [-0.15, -0.1) is 0 Å². The molecule has 2 rings (SSSR count). The van der Waals surface area contributed by atoms with Crippen molar-refractivity contribution < 1.29 is 13.2 Å². The lowest BCUT2D eigenvalue weighted by Gasteiger charge is -2.22. The highest BCUT2D eigenvalue weighted by molar-refractivity contribution is 7.99. The SMILES string of the molecule is Nc1cc(N2CCCSCC2)nc(C(F)(F)F)n1. The number of alkyl halides is 3. The normalized spacial score (nSPS) is 17.6. The minimum Gasteiger partial charge on any atom is -0.384 e. The van der Waals surface area contributed by atoms with E-state index >= 15 is 0 Å². The second-order valence-electron chi connectivity index (χ2n) is 3.93. The zero-order chi connectivity index (χ0) is 13.2. The van der Waals surface area contributed by atoms with Crippen LogP contribution in [-0.4, -0.2) is 34.6 Å². The molecule has 100 valence electrons. The van der Waals surface area contributed by atoms with Crippen LogP contribution in [0.5, 0.6) is 0 Å². The molecule has 2 heterocycles. The Bertz CT molecular complexity index is 416. The lowest BCUT2D eigenvalue weighted by molar-refractivity contribution is -0.144. The largest absolute Gasteiger partial charge is 0.451 e. The van der Waals surface area contributed by atoms with Gasteiger partial charge in [-0.3, -0.25) is 0 Å². The van der Waals surface area contributed by atoms with Gasteiger partial charge in [-0.25, -0.2) is 9.97 Å². The van der Waals surface area contributed by atoms with Crippen LogP contribution < -0.4 is 10.6 Å². The van der Waals surface area contributed by atoms with Crippen LogP contribution >= 0.6 is 11.8 Å². The highest BCUT2D eigenvalue weighted by Gasteiger charge is 2.35. The Balaban J connectivity index is 2.29. The second-order valence-corrected chi connectivity index (χ2v) is 5.15. The predicted molar refractivity (Wildman–Crippen MR) is 65.6 cm³/mol. The highest BCUT2D eigenvalue weighted by atomic mass is 32.2. The molecule has 1 aliphatic heterocycles. The van der Waals surface area contributed by atoms with Gasteiger partial charge in [0.15, 0.2) is 0 Å². The zero-order valence-electron chi connectivity index (χ0n) is 9.57. The number of rotatable bonds is 1. The predicted octanol–water partition coefficient (Wildman–Crippen LogP) is 2.02. The third-order valence-electron chi connectivity index (χ3n) is 2.53. The number of nitrogen functional groups attached to an aromatic ring is 1. The molecule has 0 radical (unpaired) electrons. The van der Waals surface area contributed by atoms with Gasteiger partial charge in [0.05, 0.1) is 0 Å². The minimum atomic E-state index is -4.56. The summed E-state index contributed by atoms with van der Waals surface area (Å²) in [5.74, 6) is 0.838. The van der Waals surface area contributed by atoms with Crippen molar-refractivity contribution in [3.8, 4) is 0 Å². The van der Waals surface area contributed by atoms with Crippen molar-refractivity contribution in [2.24, 2.45) is 0 Å². The first-order chi connectivity index (χ1) is 8.47. The van der Waals surface area contributed by atoms with Crippen LogP contribution in [0.1, 0.15) is 12.2 Å². The molecule has 1 saturated heterocycles. The number of hydrogen-bond donors (Lipinski definition) is 1. The second kappa shape index (κ2) is 5.21. The Labute approximate surface area is 107 Å². The van der Waals surface area contributed by atoms with Gasteiger partial charge in [-0.2, -0.15) is 24.9 Å². The van der Waals surface area contributed by atoms with E-state index in [0.29, 0.717) is 13.1 Å². The summed E-state index contributed by atoms with van der Waals surface area (Å²) in [7, 11) is 0. The van der Waals surface area contributed by atoms with Gasteiger partial charge < -0.3 is 10.6 Å². The van der Waals surface area contributed by atoms with Gasteiger partial charge in [0.1, 0.15) is 11.6 Å². The maximum Gasteiger partial charge on any atom is 0.451 e. The maximum absolute atomic E-state index is 12.6. The van der Waals surface area contributed by atoms with Gasteiger partial charge in [0, 0.05) is 24.9 Å². The standard InChI is InChI=1S/C10H13F3N4S/c11-10(12,13)9-15-7(14)6-8(16-9)17-2-1-4-18-5-3-17/h6H,1-5H2,(H2,14,15,16). The van der Waals surface area contributed by atoms with E-state index in [4.69, 9.17) is 5.73 Å². The summed E-state index contributed by atoms with van der Waals surface area (Å²) in [5.41, 5.74) is 5.42. The quantitative estimate of drug-likeness (QED) is 0.851. The first-order valence-electron chi connectivity index (χ1n) is 5.51. The van der Waals surface area contributed by atoms with Crippen LogP contribution in [0, 0.1) is 0 Å². The molecule has 1 fully saturated rings. The molecule has 0 unspecified atom stereocenters. The third-order valence-corrected chi connectivity index (χ3v) is 3.58. The molecule has 0 aliphatic carbocycles. The minimum absolute atomic E-state index is 0.149. The van der Waals surface area contributed by atoms with Crippen LogP contribution in [0.2, 0.25) is 0 Å². The molecule has 1 aromatic rings. The number of halogens is 3. The molecular weight excluding hydrogens is 265 g/mol. The Morgan fingerprint density at radius 2 is 2.00 bits per heavy atom. The van der Waals surface area contributed by atoms with Gasteiger partial charge in [-0.05, 0) is 12.2 Å². The number of anilines is 2. The first kappa shape index (κ1) is 13.3. The fraction of sp³-hybridized carbons (Fsp3) is 0.600. The average molecular weight is 278 g/mol. The summed E-state index contributed by atoms with van der Waals surface area (Å²) in [6, 6.07) is 1.39. The average Bonchev–Trinajstić information content (AvgIpc) is 2.55. The fourth-order valence-electron chi connectivity index (χ4n) is 1.72. The summed E-state index contributed by atoms with van der Waals surface area (Å²) in [5, 5.41) is 0. The third kappa shape index (κ3) is 3.18. The lowest BCUT2D eigenvalue weighted by atomic mass is 10.3. The molecule has 0 bridgehead atoms. The van der Waals surface area contributed by atoms with Gasteiger partial charge >= 0.3 is 6.18 Å². The van der Waals surface area contributed by atoms with E-state index in [9.17, 15) is 13.2 Å². The van der Waals surface area contributed by atoms with Crippen LogP contribution in [-0.2, 0) is 6.18 Å². The first-order valence-corrected chi connectivity index (χ1v) is 6.67. The molecule has 1 aliphatic rings. The van der Waals surface area contributed by atoms with Crippen LogP contribution in [0.3, 0.4) is 0 Å². The Morgan fingerprint density at radius 1 is 1.22 bits per heavy atom. The summed E-state index contributed by atoms with van der Waals surface area (Å²) in [4.78, 5) is 8.63.